The molecule has 9 heteroatoms. The largest absolute Gasteiger partial charge is 0.469 e. The van der Waals surface area contributed by atoms with Crippen LogP contribution in [0.5, 0.6) is 0 Å². The van der Waals surface area contributed by atoms with Gasteiger partial charge in [-0.15, -0.1) is 10.2 Å². The van der Waals surface area contributed by atoms with Gasteiger partial charge >= 0.3 is 0 Å². The number of furan rings is 1. The van der Waals surface area contributed by atoms with Gasteiger partial charge in [0, 0.05) is 18.2 Å². The number of nitrogens with one attached hydrogen (secondary N) is 2. The molecule has 0 saturated heterocycles. The minimum atomic E-state index is -0.331. The molecule has 0 bridgehead atoms. The first-order valence-electron chi connectivity index (χ1n) is 9.09. The number of anilines is 1. The van der Waals surface area contributed by atoms with Crippen LogP contribution in [0.25, 0.3) is 0 Å². The van der Waals surface area contributed by atoms with Gasteiger partial charge < -0.3 is 19.8 Å². The number of rotatable bonds is 9. The molecule has 0 aliphatic carbocycles. The molecule has 1 aromatic carbocycles. The number of carbonyl (C=O) groups is 2. The normalized spacial score (nSPS) is 11.8. The van der Waals surface area contributed by atoms with E-state index in [1.165, 1.54) is 0 Å². The molecule has 2 heterocycles. The van der Waals surface area contributed by atoms with E-state index < -0.39 is 0 Å². The van der Waals surface area contributed by atoms with Crippen LogP contribution in [0, 0.1) is 6.92 Å². The number of carbonyl (C=O) groups excluding carboxylic acids is 2. The van der Waals surface area contributed by atoms with E-state index in [4.69, 9.17) is 9.15 Å². The van der Waals surface area contributed by atoms with E-state index in [1.807, 2.05) is 50.2 Å². The van der Waals surface area contributed by atoms with E-state index in [0.29, 0.717) is 17.1 Å². The van der Waals surface area contributed by atoms with Gasteiger partial charge in [-0.3, -0.25) is 9.59 Å². The van der Waals surface area contributed by atoms with Crippen LogP contribution in [0.4, 0.5) is 5.69 Å². The second-order valence-corrected chi connectivity index (χ2v) is 7.63. The predicted octanol–water partition coefficient (Wildman–Crippen LogP) is 2.96. The molecular formula is C20H22N4O4S. The molecule has 2 N–H and O–H groups in total. The Kier molecular flexibility index (Phi) is 7.09. The summed E-state index contributed by atoms with van der Waals surface area (Å²) in [6, 6.07) is 11.1. The van der Waals surface area contributed by atoms with Crippen molar-refractivity contribution in [1.82, 2.24) is 15.5 Å². The second kappa shape index (κ2) is 9.94. The summed E-state index contributed by atoms with van der Waals surface area (Å²) in [6.45, 7) is 3.87. The van der Waals surface area contributed by atoms with Crippen molar-refractivity contribution in [2.75, 3.05) is 11.9 Å². The molecule has 0 fully saturated rings. The average molecular weight is 414 g/mol. The molecule has 2 aromatic heterocycles. The molecule has 0 aliphatic heterocycles. The summed E-state index contributed by atoms with van der Waals surface area (Å²) in [4.78, 5) is 24.2. The van der Waals surface area contributed by atoms with Crippen LogP contribution < -0.4 is 10.6 Å². The monoisotopic (exact) mass is 414 g/mol. The number of hydrogen-bond acceptors (Lipinski definition) is 7. The Labute approximate surface area is 172 Å². The summed E-state index contributed by atoms with van der Waals surface area (Å²) in [7, 11) is 0. The van der Waals surface area contributed by atoms with Gasteiger partial charge in [0.25, 0.3) is 5.91 Å². The van der Waals surface area contributed by atoms with Crippen LogP contribution in [-0.2, 0) is 22.6 Å². The first-order valence-corrected chi connectivity index (χ1v) is 9.91. The number of nitrogens with zero attached hydrogens (tertiary/aromatic N) is 2. The highest BCUT2D eigenvalue weighted by molar-refractivity contribution is 7.13. The standard InChI is InChI=1S/C20H22N4O4S/c1-13-5-7-15(8-6-13)22-19(26)20-24-23-18(29-20)12-27-11-17(25)21-14(2)10-16-4-3-9-28-16/h3-9,14H,10-12H2,1-2H3,(H,21,25)(H,22,26). The van der Waals surface area contributed by atoms with Crippen molar-refractivity contribution in [3.8, 4) is 0 Å². The molecule has 0 spiro atoms. The number of ether oxygens (including phenoxy) is 1. The van der Waals surface area contributed by atoms with Gasteiger partial charge in [-0.25, -0.2) is 0 Å². The Morgan fingerprint density at radius 3 is 2.72 bits per heavy atom. The van der Waals surface area contributed by atoms with Crippen molar-refractivity contribution in [3.05, 3.63) is 64.0 Å². The summed E-state index contributed by atoms with van der Waals surface area (Å²) in [5, 5.41) is 14.2. The number of amides is 2. The molecule has 0 aliphatic rings. The third-order valence-corrected chi connectivity index (χ3v) is 4.82. The van der Waals surface area contributed by atoms with Crippen LogP contribution >= 0.6 is 11.3 Å². The Balaban J connectivity index is 1.40. The van der Waals surface area contributed by atoms with Crippen molar-refractivity contribution < 1.29 is 18.7 Å². The lowest BCUT2D eigenvalue weighted by Crippen LogP contribution is -2.36. The maximum atomic E-state index is 12.2. The maximum Gasteiger partial charge on any atom is 0.286 e. The highest BCUT2D eigenvalue weighted by Gasteiger charge is 2.14. The molecule has 0 radical (unpaired) electrons. The van der Waals surface area contributed by atoms with E-state index >= 15 is 0 Å². The summed E-state index contributed by atoms with van der Waals surface area (Å²) in [5.74, 6) is 0.247. The second-order valence-electron chi connectivity index (χ2n) is 6.57. The Bertz CT molecular complexity index is 938. The molecule has 152 valence electrons. The zero-order chi connectivity index (χ0) is 20.6. The van der Waals surface area contributed by atoms with Crippen molar-refractivity contribution in [3.63, 3.8) is 0 Å². The molecule has 3 aromatic rings. The number of hydrogen-bond donors (Lipinski definition) is 2. The summed E-state index contributed by atoms with van der Waals surface area (Å²) >= 11 is 1.13. The van der Waals surface area contributed by atoms with E-state index in [2.05, 4.69) is 20.8 Å². The van der Waals surface area contributed by atoms with Crippen molar-refractivity contribution in [2.45, 2.75) is 32.9 Å². The molecular weight excluding hydrogens is 392 g/mol. The Morgan fingerprint density at radius 2 is 2.00 bits per heavy atom. The summed E-state index contributed by atoms with van der Waals surface area (Å²) in [6.07, 6.45) is 2.21. The quantitative estimate of drug-likeness (QED) is 0.558. The minimum absolute atomic E-state index is 0.0733. The lowest BCUT2D eigenvalue weighted by molar-refractivity contribution is -0.126. The van der Waals surface area contributed by atoms with E-state index in [0.717, 1.165) is 22.7 Å². The fraction of sp³-hybridized carbons (Fsp3) is 0.300. The fourth-order valence-electron chi connectivity index (χ4n) is 2.55. The van der Waals surface area contributed by atoms with E-state index in [1.54, 1.807) is 6.26 Å². The smallest absolute Gasteiger partial charge is 0.286 e. The van der Waals surface area contributed by atoms with Gasteiger partial charge in [0.15, 0.2) is 0 Å². The zero-order valence-electron chi connectivity index (χ0n) is 16.2. The van der Waals surface area contributed by atoms with Crippen LogP contribution in [0.1, 0.15) is 33.1 Å². The predicted molar refractivity (Wildman–Crippen MR) is 109 cm³/mol. The number of aryl methyl sites for hydroxylation is 1. The number of aromatic nitrogens is 2. The summed E-state index contributed by atoms with van der Waals surface area (Å²) < 4.78 is 10.6. The highest BCUT2D eigenvalue weighted by atomic mass is 32.1. The van der Waals surface area contributed by atoms with Crippen LogP contribution in [0.15, 0.2) is 47.1 Å². The topological polar surface area (TPSA) is 106 Å². The lowest BCUT2D eigenvalue weighted by atomic mass is 10.2. The van der Waals surface area contributed by atoms with Gasteiger partial charge in [0.05, 0.1) is 6.26 Å². The highest BCUT2D eigenvalue weighted by Crippen LogP contribution is 2.14. The Morgan fingerprint density at radius 1 is 1.21 bits per heavy atom. The molecule has 8 nitrogen and oxygen atoms in total. The molecule has 1 unspecified atom stereocenters. The van der Waals surface area contributed by atoms with Gasteiger partial charge in [-0.05, 0) is 38.1 Å². The van der Waals surface area contributed by atoms with Crippen LogP contribution in [0.2, 0.25) is 0 Å². The lowest BCUT2D eigenvalue weighted by Gasteiger charge is -2.12. The maximum absolute atomic E-state index is 12.2. The van der Waals surface area contributed by atoms with Crippen molar-refractivity contribution in [1.29, 1.82) is 0 Å². The van der Waals surface area contributed by atoms with E-state index in [-0.39, 0.29) is 36.1 Å². The molecule has 2 amide bonds. The molecule has 1 atom stereocenters. The zero-order valence-corrected chi connectivity index (χ0v) is 17.0. The molecule has 3 rings (SSSR count). The summed E-state index contributed by atoms with van der Waals surface area (Å²) in [5.41, 5.74) is 1.80. The van der Waals surface area contributed by atoms with Crippen LogP contribution in [0.3, 0.4) is 0 Å². The van der Waals surface area contributed by atoms with Gasteiger partial charge in [0.2, 0.25) is 10.9 Å². The first-order chi connectivity index (χ1) is 14.0. The third-order valence-electron chi connectivity index (χ3n) is 3.92. The van der Waals surface area contributed by atoms with Gasteiger partial charge in [-0.2, -0.15) is 0 Å². The fourth-order valence-corrected chi connectivity index (χ4v) is 3.23. The van der Waals surface area contributed by atoms with Gasteiger partial charge in [0.1, 0.15) is 24.0 Å². The van der Waals surface area contributed by atoms with Gasteiger partial charge in [-0.1, -0.05) is 29.0 Å². The first kappa shape index (κ1) is 20.7. The SMILES string of the molecule is Cc1ccc(NC(=O)c2nnc(COCC(=O)NC(C)Cc3ccco3)s2)cc1. The van der Waals surface area contributed by atoms with E-state index in [9.17, 15) is 9.59 Å². The Hall–Kier alpha value is -3.04. The molecule has 29 heavy (non-hydrogen) atoms. The number of benzene rings is 1. The minimum Gasteiger partial charge on any atom is -0.469 e. The van der Waals surface area contributed by atoms with Crippen LogP contribution in [-0.4, -0.2) is 34.7 Å². The third kappa shape index (κ3) is 6.51. The molecule has 0 saturated carbocycles. The van der Waals surface area contributed by atoms with Crippen molar-refractivity contribution in [2.24, 2.45) is 0 Å². The average Bonchev–Trinajstić information content (AvgIpc) is 3.35. The van der Waals surface area contributed by atoms with Crippen molar-refractivity contribution >= 4 is 28.8 Å².